The van der Waals surface area contributed by atoms with E-state index >= 15 is 0 Å². The van der Waals surface area contributed by atoms with Gasteiger partial charge in [-0.15, -0.1) is 0 Å². The van der Waals surface area contributed by atoms with E-state index in [1.807, 2.05) is 6.92 Å². The standard InChI is InChI=1S/C14H21NO5S/c1-9-11(13(16)17)12(10(2)20-9)21(18,19)15-8-14(3)6-4-5-7-14/h15H,4-8H2,1-3H3,(H,16,17). The Bertz CT molecular complexity index is 653. The Balaban J connectivity index is 2.30. The van der Waals surface area contributed by atoms with Crippen molar-refractivity contribution in [1.82, 2.24) is 4.72 Å². The number of carboxylic acids is 1. The Labute approximate surface area is 124 Å². The molecule has 1 heterocycles. The van der Waals surface area contributed by atoms with Crippen LogP contribution < -0.4 is 4.72 Å². The third-order valence-corrected chi connectivity index (χ3v) is 5.74. The second kappa shape index (κ2) is 5.46. The number of carboxylic acid groups (broad SMARTS) is 1. The maximum Gasteiger partial charge on any atom is 0.340 e. The van der Waals surface area contributed by atoms with Crippen LogP contribution in [-0.2, 0) is 10.0 Å². The van der Waals surface area contributed by atoms with Gasteiger partial charge >= 0.3 is 5.97 Å². The number of aryl methyl sites for hydroxylation is 2. The third kappa shape index (κ3) is 3.13. The Morgan fingerprint density at radius 1 is 1.29 bits per heavy atom. The molecule has 0 spiro atoms. The zero-order valence-corrected chi connectivity index (χ0v) is 13.3. The van der Waals surface area contributed by atoms with Gasteiger partial charge in [0.1, 0.15) is 22.0 Å². The van der Waals surface area contributed by atoms with Gasteiger partial charge < -0.3 is 9.52 Å². The minimum Gasteiger partial charge on any atom is -0.478 e. The molecule has 0 unspecified atom stereocenters. The highest BCUT2D eigenvalue weighted by Gasteiger charge is 2.34. The number of aromatic carboxylic acids is 1. The summed E-state index contributed by atoms with van der Waals surface area (Å²) in [5, 5.41) is 9.20. The van der Waals surface area contributed by atoms with Crippen molar-refractivity contribution in [2.24, 2.45) is 5.41 Å². The second-order valence-corrected chi connectivity index (χ2v) is 7.77. The van der Waals surface area contributed by atoms with Gasteiger partial charge in [0.2, 0.25) is 10.0 Å². The van der Waals surface area contributed by atoms with Crippen LogP contribution in [0.3, 0.4) is 0 Å². The fourth-order valence-corrected chi connectivity index (χ4v) is 4.58. The van der Waals surface area contributed by atoms with Crippen LogP contribution in [0.4, 0.5) is 0 Å². The highest BCUT2D eigenvalue weighted by atomic mass is 32.2. The number of rotatable bonds is 5. The predicted octanol–water partition coefficient (Wildman–Crippen LogP) is 2.45. The average Bonchev–Trinajstić information content (AvgIpc) is 2.92. The van der Waals surface area contributed by atoms with Crippen molar-refractivity contribution in [2.75, 3.05) is 6.54 Å². The summed E-state index contributed by atoms with van der Waals surface area (Å²) in [5.41, 5.74) is -0.333. The molecule has 2 N–H and O–H groups in total. The Morgan fingerprint density at radius 2 is 1.86 bits per heavy atom. The highest BCUT2D eigenvalue weighted by Crippen LogP contribution is 2.37. The molecule has 0 radical (unpaired) electrons. The van der Waals surface area contributed by atoms with Gasteiger partial charge in [-0.3, -0.25) is 0 Å². The first-order valence-corrected chi connectivity index (χ1v) is 8.47. The van der Waals surface area contributed by atoms with Crippen molar-refractivity contribution < 1.29 is 22.7 Å². The lowest BCUT2D eigenvalue weighted by molar-refractivity contribution is 0.0691. The fraction of sp³-hybridized carbons (Fsp3) is 0.643. The number of nitrogens with one attached hydrogen (secondary N) is 1. The number of hydrogen-bond acceptors (Lipinski definition) is 4. The van der Waals surface area contributed by atoms with Gasteiger partial charge in [0.05, 0.1) is 0 Å². The van der Waals surface area contributed by atoms with Gasteiger partial charge in [0.25, 0.3) is 0 Å². The van der Waals surface area contributed by atoms with E-state index in [1.54, 1.807) is 0 Å². The van der Waals surface area contributed by atoms with Crippen LogP contribution in [0.1, 0.15) is 54.5 Å². The van der Waals surface area contributed by atoms with Crippen molar-refractivity contribution in [3.05, 3.63) is 17.1 Å². The largest absolute Gasteiger partial charge is 0.478 e. The molecule has 1 aromatic heterocycles. The molecule has 1 fully saturated rings. The first kappa shape index (κ1) is 16.0. The summed E-state index contributed by atoms with van der Waals surface area (Å²) in [6, 6.07) is 0. The molecule has 0 aromatic carbocycles. The Morgan fingerprint density at radius 3 is 2.38 bits per heavy atom. The summed E-state index contributed by atoms with van der Waals surface area (Å²) in [6.07, 6.45) is 4.15. The maximum absolute atomic E-state index is 12.5. The smallest absolute Gasteiger partial charge is 0.340 e. The first-order chi connectivity index (χ1) is 9.66. The van der Waals surface area contributed by atoms with Gasteiger partial charge in [-0.25, -0.2) is 17.9 Å². The zero-order valence-electron chi connectivity index (χ0n) is 12.5. The quantitative estimate of drug-likeness (QED) is 0.870. The molecule has 21 heavy (non-hydrogen) atoms. The van der Waals surface area contributed by atoms with Gasteiger partial charge in [0.15, 0.2) is 0 Å². The SMILES string of the molecule is Cc1oc(C)c(S(=O)(=O)NCC2(C)CCCC2)c1C(=O)O. The van der Waals surface area contributed by atoms with Crippen molar-refractivity contribution >= 4 is 16.0 Å². The number of hydrogen-bond donors (Lipinski definition) is 2. The van der Waals surface area contributed by atoms with Gasteiger partial charge in [-0.2, -0.15) is 0 Å². The predicted molar refractivity (Wildman–Crippen MR) is 76.9 cm³/mol. The van der Waals surface area contributed by atoms with Crippen LogP contribution in [0.15, 0.2) is 9.31 Å². The molecule has 0 amide bonds. The molecule has 2 rings (SSSR count). The topological polar surface area (TPSA) is 96.6 Å². The molecule has 0 aliphatic heterocycles. The monoisotopic (exact) mass is 315 g/mol. The Hall–Kier alpha value is -1.34. The molecule has 1 saturated carbocycles. The molecule has 0 saturated heterocycles. The van der Waals surface area contributed by atoms with Crippen molar-refractivity contribution in [2.45, 2.75) is 51.3 Å². The highest BCUT2D eigenvalue weighted by molar-refractivity contribution is 7.89. The summed E-state index contributed by atoms with van der Waals surface area (Å²) in [6.45, 7) is 5.28. The fourth-order valence-electron chi connectivity index (χ4n) is 2.98. The lowest BCUT2D eigenvalue weighted by atomic mass is 9.89. The van der Waals surface area contributed by atoms with Gasteiger partial charge in [-0.1, -0.05) is 19.8 Å². The van der Waals surface area contributed by atoms with E-state index in [4.69, 9.17) is 4.42 Å². The van der Waals surface area contributed by atoms with E-state index in [0.29, 0.717) is 6.54 Å². The molecule has 0 atom stereocenters. The molecule has 1 aliphatic carbocycles. The number of furan rings is 1. The van der Waals surface area contributed by atoms with Crippen LogP contribution in [-0.4, -0.2) is 26.0 Å². The molecular formula is C14H21NO5S. The molecule has 7 heteroatoms. The number of carbonyl (C=O) groups is 1. The van der Waals surface area contributed by atoms with Crippen molar-refractivity contribution in [1.29, 1.82) is 0 Å². The van der Waals surface area contributed by atoms with Gasteiger partial charge in [-0.05, 0) is 32.1 Å². The molecule has 118 valence electrons. The summed E-state index contributed by atoms with van der Waals surface area (Å²) < 4.78 is 32.7. The van der Waals surface area contributed by atoms with Crippen LogP contribution in [0.5, 0.6) is 0 Å². The maximum atomic E-state index is 12.5. The minimum atomic E-state index is -3.90. The normalized spacial score (nSPS) is 18.0. The zero-order chi connectivity index (χ0) is 15.8. The molecule has 1 aliphatic rings. The first-order valence-electron chi connectivity index (χ1n) is 6.99. The molecule has 0 bridgehead atoms. The summed E-state index contributed by atoms with van der Waals surface area (Å²) in [7, 11) is -3.90. The van der Waals surface area contributed by atoms with E-state index in [2.05, 4.69) is 4.72 Å². The second-order valence-electron chi connectivity index (χ2n) is 6.07. The summed E-state index contributed by atoms with van der Waals surface area (Å²) in [4.78, 5) is 11.0. The average molecular weight is 315 g/mol. The van der Waals surface area contributed by atoms with Gasteiger partial charge in [0, 0.05) is 6.54 Å². The van der Waals surface area contributed by atoms with Crippen LogP contribution in [0.2, 0.25) is 0 Å². The lowest BCUT2D eigenvalue weighted by Crippen LogP contribution is -2.34. The number of sulfonamides is 1. The van der Waals surface area contributed by atoms with E-state index < -0.39 is 16.0 Å². The lowest BCUT2D eigenvalue weighted by Gasteiger charge is -2.23. The van der Waals surface area contributed by atoms with E-state index in [-0.39, 0.29) is 27.4 Å². The third-order valence-electron chi connectivity index (χ3n) is 4.19. The van der Waals surface area contributed by atoms with E-state index in [9.17, 15) is 18.3 Å². The van der Waals surface area contributed by atoms with E-state index in [0.717, 1.165) is 25.7 Å². The van der Waals surface area contributed by atoms with Crippen molar-refractivity contribution in [3.63, 3.8) is 0 Å². The molecular weight excluding hydrogens is 294 g/mol. The van der Waals surface area contributed by atoms with Crippen LogP contribution >= 0.6 is 0 Å². The summed E-state index contributed by atoms with van der Waals surface area (Å²) >= 11 is 0. The Kier molecular flexibility index (Phi) is 4.17. The van der Waals surface area contributed by atoms with Crippen LogP contribution in [0.25, 0.3) is 0 Å². The summed E-state index contributed by atoms with van der Waals surface area (Å²) in [5.74, 6) is -1.08. The minimum absolute atomic E-state index is 0.0524. The molecule has 6 nitrogen and oxygen atoms in total. The van der Waals surface area contributed by atoms with E-state index in [1.165, 1.54) is 13.8 Å². The van der Waals surface area contributed by atoms with Crippen LogP contribution in [0, 0.1) is 19.3 Å². The van der Waals surface area contributed by atoms with Crippen molar-refractivity contribution in [3.8, 4) is 0 Å². The molecule has 1 aromatic rings.